The molecule has 3 aromatic carbocycles. The Morgan fingerprint density at radius 2 is 1.58 bits per heavy atom. The number of pyridine rings is 1. The van der Waals surface area contributed by atoms with Crippen molar-refractivity contribution in [3.05, 3.63) is 101 Å². The van der Waals surface area contributed by atoms with Gasteiger partial charge in [0, 0.05) is 22.2 Å². The van der Waals surface area contributed by atoms with Gasteiger partial charge in [0.15, 0.2) is 12.4 Å². The van der Waals surface area contributed by atoms with Gasteiger partial charge in [0.2, 0.25) is 5.78 Å². The number of aryl methyl sites for hydroxylation is 1. The number of nitrogens with zero attached hydrogens (tertiary/aromatic N) is 1. The van der Waals surface area contributed by atoms with Gasteiger partial charge in [0.05, 0.1) is 22.5 Å². The van der Waals surface area contributed by atoms with E-state index in [1.54, 1.807) is 19.9 Å². The zero-order valence-corrected chi connectivity index (χ0v) is 20.2. The molecule has 6 nitrogen and oxygen atoms in total. The van der Waals surface area contributed by atoms with Crippen molar-refractivity contribution in [1.29, 1.82) is 0 Å². The molecule has 0 saturated carbocycles. The molecule has 0 aliphatic heterocycles. The van der Waals surface area contributed by atoms with Crippen molar-refractivity contribution < 1.29 is 19.1 Å². The highest BCUT2D eigenvalue weighted by molar-refractivity contribution is 6.08. The minimum absolute atomic E-state index is 0.124. The number of aromatic amines is 1. The van der Waals surface area contributed by atoms with Crippen LogP contribution in [0.4, 0.5) is 0 Å². The number of rotatable bonds is 6. The second-order valence-corrected chi connectivity index (χ2v) is 8.78. The van der Waals surface area contributed by atoms with Gasteiger partial charge < -0.3 is 9.72 Å². The lowest BCUT2D eigenvalue weighted by molar-refractivity contribution is 0.0475. The maximum absolute atomic E-state index is 13.2. The van der Waals surface area contributed by atoms with Gasteiger partial charge in [0.25, 0.3) is 0 Å². The van der Waals surface area contributed by atoms with Crippen LogP contribution < -0.4 is 0 Å². The number of H-pyrrole nitrogens is 1. The summed E-state index contributed by atoms with van der Waals surface area (Å²) < 4.78 is 5.47. The van der Waals surface area contributed by atoms with Gasteiger partial charge >= 0.3 is 5.97 Å². The van der Waals surface area contributed by atoms with Gasteiger partial charge in [0.1, 0.15) is 0 Å². The number of nitrogens with one attached hydrogen (secondary N) is 1. The van der Waals surface area contributed by atoms with Crippen LogP contribution in [0.25, 0.3) is 32.9 Å². The summed E-state index contributed by atoms with van der Waals surface area (Å²) in [6.07, 6.45) is 0. The van der Waals surface area contributed by atoms with Crippen LogP contribution in [0.1, 0.15) is 49.4 Å². The Labute approximate surface area is 207 Å². The summed E-state index contributed by atoms with van der Waals surface area (Å²) in [7, 11) is 0. The SMILES string of the molecule is CC(=O)c1c(C)[nH]c(C(=O)COC(=O)c2cc(-c3cccc4ccccc34)nc3ccccc23)c1C. The van der Waals surface area contributed by atoms with E-state index in [1.807, 2.05) is 66.7 Å². The molecule has 178 valence electrons. The molecule has 0 spiro atoms. The first-order valence-corrected chi connectivity index (χ1v) is 11.6. The number of ketones is 2. The zero-order valence-electron chi connectivity index (χ0n) is 20.2. The number of Topliss-reactive ketones (excluding diaryl/α,β-unsaturated/α-hetero) is 2. The van der Waals surface area contributed by atoms with Crippen LogP contribution in [0.5, 0.6) is 0 Å². The Bertz CT molecular complexity index is 1670. The number of benzene rings is 3. The maximum Gasteiger partial charge on any atom is 0.339 e. The molecule has 0 atom stereocenters. The summed E-state index contributed by atoms with van der Waals surface area (Å²) in [5, 5.41) is 2.74. The van der Waals surface area contributed by atoms with Gasteiger partial charge in [-0.3, -0.25) is 9.59 Å². The van der Waals surface area contributed by atoms with E-state index in [4.69, 9.17) is 9.72 Å². The average Bonchev–Trinajstić information content (AvgIpc) is 3.19. The van der Waals surface area contributed by atoms with E-state index in [0.717, 1.165) is 16.3 Å². The van der Waals surface area contributed by atoms with Crippen molar-refractivity contribution in [2.45, 2.75) is 20.8 Å². The van der Waals surface area contributed by atoms with Crippen molar-refractivity contribution >= 4 is 39.2 Å². The molecule has 0 aliphatic carbocycles. The number of fused-ring (bicyclic) bond motifs is 2. The highest BCUT2D eigenvalue weighted by Gasteiger charge is 2.22. The maximum atomic E-state index is 13.2. The number of carbonyl (C=O) groups excluding carboxylic acids is 3. The molecule has 36 heavy (non-hydrogen) atoms. The Balaban J connectivity index is 1.50. The van der Waals surface area contributed by atoms with Crippen molar-refractivity contribution in [3.8, 4) is 11.3 Å². The smallest absolute Gasteiger partial charge is 0.339 e. The number of hydrogen-bond donors (Lipinski definition) is 1. The molecular weight excluding hydrogens is 452 g/mol. The number of carbonyl (C=O) groups is 3. The summed E-state index contributed by atoms with van der Waals surface area (Å²) in [5.41, 5.74) is 4.49. The Morgan fingerprint density at radius 3 is 2.33 bits per heavy atom. The summed E-state index contributed by atoms with van der Waals surface area (Å²) >= 11 is 0. The van der Waals surface area contributed by atoms with Gasteiger partial charge in [-0.05, 0) is 49.2 Å². The number of hydrogen-bond acceptors (Lipinski definition) is 5. The fraction of sp³-hybridized carbons (Fsp3) is 0.133. The third kappa shape index (κ3) is 4.07. The van der Waals surface area contributed by atoms with E-state index in [9.17, 15) is 14.4 Å². The third-order valence-electron chi connectivity index (χ3n) is 6.40. The summed E-state index contributed by atoms with van der Waals surface area (Å²) in [4.78, 5) is 45.8. The lowest BCUT2D eigenvalue weighted by atomic mass is 9.99. The fourth-order valence-electron chi connectivity index (χ4n) is 4.77. The average molecular weight is 477 g/mol. The molecule has 1 N–H and O–H groups in total. The third-order valence-corrected chi connectivity index (χ3v) is 6.40. The van der Waals surface area contributed by atoms with Crippen molar-refractivity contribution in [2.75, 3.05) is 6.61 Å². The highest BCUT2D eigenvalue weighted by Crippen LogP contribution is 2.31. The van der Waals surface area contributed by atoms with Gasteiger partial charge in [-0.2, -0.15) is 0 Å². The quantitative estimate of drug-likeness (QED) is 0.231. The summed E-state index contributed by atoms with van der Waals surface area (Å²) in [6.45, 7) is 4.46. The first-order valence-electron chi connectivity index (χ1n) is 11.6. The first-order chi connectivity index (χ1) is 17.3. The van der Waals surface area contributed by atoms with E-state index in [0.29, 0.717) is 39.0 Å². The molecule has 6 heteroatoms. The van der Waals surface area contributed by atoms with E-state index < -0.39 is 18.4 Å². The monoisotopic (exact) mass is 476 g/mol. The van der Waals surface area contributed by atoms with Crippen LogP contribution >= 0.6 is 0 Å². The number of ether oxygens (including phenoxy) is 1. The predicted molar refractivity (Wildman–Crippen MR) is 140 cm³/mol. The van der Waals surface area contributed by atoms with Crippen LogP contribution in [-0.2, 0) is 4.74 Å². The van der Waals surface area contributed by atoms with E-state index in [2.05, 4.69) is 4.98 Å². The Morgan fingerprint density at radius 1 is 0.889 bits per heavy atom. The molecule has 0 radical (unpaired) electrons. The standard InChI is InChI=1S/C30H24N2O4/c1-17-28(19(3)33)18(2)31-29(17)27(34)16-36-30(35)24-15-26(32-25-14-7-6-12-23(24)25)22-13-8-10-20-9-4-5-11-21(20)22/h4-15,31H,16H2,1-3H3. The molecule has 0 aliphatic rings. The van der Waals surface area contributed by atoms with Crippen LogP contribution in [0.15, 0.2) is 72.8 Å². The van der Waals surface area contributed by atoms with Crippen LogP contribution in [-0.4, -0.2) is 34.1 Å². The normalized spacial score (nSPS) is 11.1. The minimum Gasteiger partial charge on any atom is -0.454 e. The lowest BCUT2D eigenvalue weighted by Crippen LogP contribution is -2.16. The minimum atomic E-state index is -0.615. The highest BCUT2D eigenvalue weighted by atomic mass is 16.5. The second-order valence-electron chi connectivity index (χ2n) is 8.78. The van der Waals surface area contributed by atoms with Crippen molar-refractivity contribution in [3.63, 3.8) is 0 Å². The Kier molecular flexibility index (Phi) is 5.94. The molecule has 0 bridgehead atoms. The van der Waals surface area contributed by atoms with E-state index >= 15 is 0 Å². The molecule has 2 aromatic heterocycles. The van der Waals surface area contributed by atoms with Gasteiger partial charge in [-0.1, -0.05) is 60.7 Å². The topological polar surface area (TPSA) is 89.1 Å². The number of para-hydroxylation sites is 1. The zero-order chi connectivity index (χ0) is 25.4. The largest absolute Gasteiger partial charge is 0.454 e. The van der Waals surface area contributed by atoms with Gasteiger partial charge in [-0.25, -0.2) is 9.78 Å². The second kappa shape index (κ2) is 9.23. The molecule has 0 unspecified atom stereocenters. The first kappa shape index (κ1) is 23.2. The molecule has 5 rings (SSSR count). The summed E-state index contributed by atoms with van der Waals surface area (Å²) in [5.74, 6) is -1.14. The molecule has 2 heterocycles. The molecule has 0 amide bonds. The predicted octanol–water partition coefficient (Wildman–Crippen LogP) is 6.24. The molecular formula is C30H24N2O4. The Hall–Kier alpha value is -4.58. The van der Waals surface area contributed by atoms with E-state index in [-0.39, 0.29) is 11.5 Å². The van der Waals surface area contributed by atoms with Gasteiger partial charge in [-0.15, -0.1) is 0 Å². The number of esters is 1. The summed E-state index contributed by atoms with van der Waals surface area (Å²) in [6, 6.07) is 23.0. The lowest BCUT2D eigenvalue weighted by Gasteiger charge is -2.11. The molecule has 0 saturated heterocycles. The molecule has 5 aromatic rings. The molecule has 0 fully saturated rings. The van der Waals surface area contributed by atoms with Crippen LogP contribution in [0.2, 0.25) is 0 Å². The number of aromatic nitrogens is 2. The van der Waals surface area contributed by atoms with Crippen molar-refractivity contribution in [1.82, 2.24) is 9.97 Å². The van der Waals surface area contributed by atoms with Crippen LogP contribution in [0.3, 0.4) is 0 Å². The van der Waals surface area contributed by atoms with Crippen LogP contribution in [0, 0.1) is 13.8 Å². The van der Waals surface area contributed by atoms with E-state index in [1.165, 1.54) is 6.92 Å². The fourth-order valence-corrected chi connectivity index (χ4v) is 4.77. The van der Waals surface area contributed by atoms with Crippen molar-refractivity contribution in [2.24, 2.45) is 0 Å².